The fraction of sp³-hybridized carbons (Fsp3) is 0.488. The van der Waals surface area contributed by atoms with E-state index in [2.05, 4.69) is 42.1 Å². The number of amides is 4. The number of carbonyl (C=O) groups is 4. The number of aromatic nitrogens is 4. The van der Waals surface area contributed by atoms with Crippen LogP contribution in [-0.4, -0.2) is 105 Å². The summed E-state index contributed by atoms with van der Waals surface area (Å²) >= 11 is 0. The van der Waals surface area contributed by atoms with Crippen LogP contribution in [0.5, 0.6) is 0 Å². The maximum Gasteiger partial charge on any atom is 0.270 e. The molecule has 3 aromatic heterocycles. The SMILES string of the molecule is CN(C)C(=O)c1cc2cnc(Nc3ccc([C@@H]4CCN(C5CN(c6cccc7c6C(C)(C)C(=O)N7[C@H]6CCC(=O)NC6=O)C5)C4)cn3)nc2n1C1CCCC1. The Hall–Kier alpha value is -5.37. The van der Waals surface area contributed by atoms with Gasteiger partial charge in [0.2, 0.25) is 23.7 Å². The number of hydrogen-bond acceptors (Lipinski definition) is 10. The molecule has 0 radical (unpaired) electrons. The average Bonchev–Trinajstić information content (AvgIpc) is 3.95. The molecule has 0 spiro atoms. The lowest BCUT2D eigenvalue weighted by Gasteiger charge is -2.46. The van der Waals surface area contributed by atoms with Crippen LogP contribution < -0.4 is 20.4 Å². The highest BCUT2D eigenvalue weighted by Crippen LogP contribution is 2.49. The number of likely N-dealkylation sites (tertiary alicyclic amines) is 1. The van der Waals surface area contributed by atoms with Crippen LogP contribution in [0.15, 0.2) is 48.8 Å². The van der Waals surface area contributed by atoms with Gasteiger partial charge in [-0.1, -0.05) is 25.0 Å². The summed E-state index contributed by atoms with van der Waals surface area (Å²) in [7, 11) is 3.56. The lowest BCUT2D eigenvalue weighted by atomic mass is 9.84. The normalized spacial score (nSPS) is 23.0. The largest absolute Gasteiger partial charge is 0.368 e. The van der Waals surface area contributed by atoms with Gasteiger partial charge in [-0.05, 0) is 81.8 Å². The van der Waals surface area contributed by atoms with Gasteiger partial charge in [0.15, 0.2) is 0 Å². The molecular formula is C41H48N10O4. The van der Waals surface area contributed by atoms with Gasteiger partial charge in [-0.25, -0.2) is 9.97 Å². The van der Waals surface area contributed by atoms with E-state index in [1.165, 1.54) is 5.56 Å². The van der Waals surface area contributed by atoms with Crippen LogP contribution in [0.4, 0.5) is 23.1 Å². The molecule has 1 aliphatic carbocycles. The average molecular weight is 745 g/mol. The van der Waals surface area contributed by atoms with Gasteiger partial charge in [0.1, 0.15) is 23.2 Å². The first-order chi connectivity index (χ1) is 26.5. The Labute approximate surface area is 320 Å². The van der Waals surface area contributed by atoms with E-state index >= 15 is 0 Å². The quantitative estimate of drug-likeness (QED) is 0.247. The van der Waals surface area contributed by atoms with Gasteiger partial charge in [0.05, 0.1) is 11.1 Å². The molecule has 1 aromatic carbocycles. The van der Waals surface area contributed by atoms with Gasteiger partial charge < -0.3 is 19.7 Å². The minimum atomic E-state index is -0.791. The Bertz CT molecular complexity index is 2200. The second-order valence-electron chi connectivity index (χ2n) is 16.6. The summed E-state index contributed by atoms with van der Waals surface area (Å²) in [6.07, 6.45) is 9.72. The number of nitrogens with zero attached hydrogens (tertiary/aromatic N) is 8. The van der Waals surface area contributed by atoms with E-state index in [0.717, 1.165) is 86.3 Å². The molecule has 0 unspecified atom stereocenters. The highest BCUT2D eigenvalue weighted by atomic mass is 16.2. The lowest BCUT2D eigenvalue weighted by Crippen LogP contribution is -2.59. The summed E-state index contributed by atoms with van der Waals surface area (Å²) in [5, 5.41) is 6.57. The predicted octanol–water partition coefficient (Wildman–Crippen LogP) is 4.49. The molecule has 2 N–H and O–H groups in total. The van der Waals surface area contributed by atoms with Crippen molar-refractivity contribution < 1.29 is 19.2 Å². The molecule has 7 heterocycles. The van der Waals surface area contributed by atoms with Gasteiger partial charge >= 0.3 is 0 Å². The Morgan fingerprint density at radius 1 is 0.927 bits per heavy atom. The number of hydrogen-bond donors (Lipinski definition) is 2. The van der Waals surface area contributed by atoms with Crippen molar-refractivity contribution in [2.75, 3.05) is 55.4 Å². The molecule has 286 valence electrons. The molecule has 1 saturated carbocycles. The molecule has 4 amide bonds. The highest BCUT2D eigenvalue weighted by Gasteiger charge is 2.51. The molecule has 14 nitrogen and oxygen atoms in total. The molecule has 0 bridgehead atoms. The first-order valence-electron chi connectivity index (χ1n) is 19.6. The maximum absolute atomic E-state index is 13.8. The first-order valence-corrected chi connectivity index (χ1v) is 19.6. The van der Waals surface area contributed by atoms with Crippen molar-refractivity contribution in [2.24, 2.45) is 0 Å². The molecule has 4 aromatic rings. The second-order valence-corrected chi connectivity index (χ2v) is 16.6. The molecule has 4 aliphatic heterocycles. The van der Waals surface area contributed by atoms with E-state index in [1.54, 1.807) is 30.1 Å². The van der Waals surface area contributed by atoms with Gasteiger partial charge in [-0.3, -0.25) is 34.3 Å². The van der Waals surface area contributed by atoms with Crippen molar-refractivity contribution in [3.05, 3.63) is 65.6 Å². The van der Waals surface area contributed by atoms with E-state index in [9.17, 15) is 19.2 Å². The summed E-state index contributed by atoms with van der Waals surface area (Å²) in [5.41, 5.74) is 4.62. The van der Waals surface area contributed by atoms with Crippen LogP contribution in [0.3, 0.4) is 0 Å². The summed E-state index contributed by atoms with van der Waals surface area (Å²) in [5.74, 6) is 0.678. The number of pyridine rings is 1. The van der Waals surface area contributed by atoms with Crippen molar-refractivity contribution in [1.29, 1.82) is 0 Å². The fourth-order valence-corrected chi connectivity index (χ4v) is 9.49. The fourth-order valence-electron chi connectivity index (χ4n) is 9.49. The molecule has 2 atom stereocenters. The number of anilines is 4. The van der Waals surface area contributed by atoms with Gasteiger partial charge in [-0.2, -0.15) is 4.98 Å². The maximum atomic E-state index is 13.8. The van der Waals surface area contributed by atoms with Crippen molar-refractivity contribution in [2.45, 2.75) is 88.3 Å². The van der Waals surface area contributed by atoms with Crippen LogP contribution >= 0.6 is 0 Å². The number of benzene rings is 1. The summed E-state index contributed by atoms with van der Waals surface area (Å²) in [6.45, 7) is 7.58. The molecule has 14 heteroatoms. The first kappa shape index (κ1) is 35.3. The van der Waals surface area contributed by atoms with E-state index in [-0.39, 0.29) is 30.2 Å². The third-order valence-corrected chi connectivity index (χ3v) is 12.5. The van der Waals surface area contributed by atoms with Crippen molar-refractivity contribution in [3.63, 3.8) is 0 Å². The molecule has 3 saturated heterocycles. The number of piperidine rings is 1. The highest BCUT2D eigenvalue weighted by molar-refractivity contribution is 6.14. The summed E-state index contributed by atoms with van der Waals surface area (Å²) < 4.78 is 2.12. The van der Waals surface area contributed by atoms with E-state index in [4.69, 9.17) is 9.97 Å². The second kappa shape index (κ2) is 13.4. The zero-order valence-corrected chi connectivity index (χ0v) is 31.9. The Morgan fingerprint density at radius 2 is 1.71 bits per heavy atom. The topological polar surface area (TPSA) is 149 Å². The summed E-state index contributed by atoms with van der Waals surface area (Å²) in [6, 6.07) is 12.0. The Morgan fingerprint density at radius 3 is 2.44 bits per heavy atom. The molecule has 55 heavy (non-hydrogen) atoms. The monoisotopic (exact) mass is 744 g/mol. The minimum absolute atomic E-state index is 0.0297. The van der Waals surface area contributed by atoms with Crippen LogP contribution in [0.1, 0.15) is 92.4 Å². The zero-order chi connectivity index (χ0) is 38.2. The Balaban J connectivity index is 0.850. The molecule has 5 aliphatic rings. The van der Waals surface area contributed by atoms with Crippen molar-refractivity contribution in [3.8, 4) is 0 Å². The van der Waals surface area contributed by atoms with Crippen LogP contribution in [0.25, 0.3) is 11.0 Å². The van der Waals surface area contributed by atoms with Gasteiger partial charge in [-0.15, -0.1) is 0 Å². The zero-order valence-electron chi connectivity index (χ0n) is 31.9. The molecule has 9 rings (SSSR count). The molecule has 4 fully saturated rings. The number of rotatable bonds is 8. The van der Waals surface area contributed by atoms with Crippen LogP contribution in [0, 0.1) is 0 Å². The van der Waals surface area contributed by atoms with E-state index in [0.29, 0.717) is 35.8 Å². The minimum Gasteiger partial charge on any atom is -0.368 e. The van der Waals surface area contributed by atoms with E-state index < -0.39 is 17.4 Å². The third-order valence-electron chi connectivity index (χ3n) is 12.5. The number of nitrogens with one attached hydrogen (secondary N) is 2. The summed E-state index contributed by atoms with van der Waals surface area (Å²) in [4.78, 5) is 73.9. The standard InChI is InChI=1S/C41H48N10O4/c1-41(2)35-29(10-7-11-30(35)51(39(41)55)31-13-15-34(52)45-37(31)53)49-22-28(23-49)48-17-16-25(21-48)24-12-14-33(42-19-24)44-40-43-20-26-18-32(38(54)47(3)4)50(36(26)46-40)27-8-5-6-9-27/h7,10-12,14,18-20,25,27-28,31H,5-6,8-9,13,15-17,21-23H2,1-4H3,(H,45,52,53)(H,42,43,44,46)/t25-,31+/m1/s1. The number of carbonyl (C=O) groups excluding carboxylic acids is 4. The predicted molar refractivity (Wildman–Crippen MR) is 209 cm³/mol. The Kier molecular flexibility index (Phi) is 8.63. The smallest absolute Gasteiger partial charge is 0.270 e. The van der Waals surface area contributed by atoms with E-state index in [1.807, 2.05) is 44.3 Å². The molecular weight excluding hydrogens is 697 g/mol. The van der Waals surface area contributed by atoms with Crippen molar-refractivity contribution in [1.82, 2.24) is 34.6 Å². The van der Waals surface area contributed by atoms with Crippen LogP contribution in [-0.2, 0) is 19.8 Å². The lowest BCUT2D eigenvalue weighted by molar-refractivity contribution is -0.136. The third kappa shape index (κ3) is 6.01. The number of fused-ring (bicyclic) bond motifs is 2. The van der Waals surface area contributed by atoms with Crippen molar-refractivity contribution >= 4 is 57.8 Å². The van der Waals surface area contributed by atoms with Crippen LogP contribution in [0.2, 0.25) is 0 Å². The van der Waals surface area contributed by atoms with Gasteiger partial charge in [0, 0.05) is 81.3 Å². The van der Waals surface area contributed by atoms with Gasteiger partial charge in [0.25, 0.3) is 5.91 Å². The number of imide groups is 1.